The lowest BCUT2D eigenvalue weighted by Crippen LogP contribution is -2.44. The Morgan fingerprint density at radius 2 is 2.09 bits per heavy atom. The van der Waals surface area contributed by atoms with Crippen molar-refractivity contribution in [1.29, 1.82) is 0 Å². The molecular weight excluding hydrogens is 300 g/mol. The van der Waals surface area contributed by atoms with Crippen molar-refractivity contribution in [2.45, 2.75) is 19.6 Å². The molecule has 1 aromatic heterocycles. The normalized spacial score (nSPS) is 23.9. The minimum atomic E-state index is 0.297. The first-order valence-corrected chi connectivity index (χ1v) is 8.84. The fourth-order valence-corrected chi connectivity index (χ4v) is 3.89. The van der Waals surface area contributed by atoms with E-state index >= 15 is 0 Å². The van der Waals surface area contributed by atoms with Gasteiger partial charge in [-0.2, -0.15) is 0 Å². The molecule has 22 heavy (non-hydrogen) atoms. The maximum Gasteiger partial charge on any atom is 0.185 e. The first kappa shape index (κ1) is 16.1. The van der Waals surface area contributed by atoms with E-state index in [0.29, 0.717) is 6.10 Å². The smallest absolute Gasteiger partial charge is 0.185 e. The number of morpholine rings is 2. The van der Waals surface area contributed by atoms with Crippen molar-refractivity contribution in [3.05, 3.63) is 10.6 Å². The molecule has 1 aromatic rings. The predicted octanol–water partition coefficient (Wildman–Crippen LogP) is 0.708. The van der Waals surface area contributed by atoms with Crippen LogP contribution in [0.2, 0.25) is 0 Å². The number of ether oxygens (including phenoxy) is 2. The second-order valence-electron chi connectivity index (χ2n) is 5.99. The summed E-state index contributed by atoms with van der Waals surface area (Å²) >= 11 is 1.80. The second kappa shape index (κ2) is 7.70. The van der Waals surface area contributed by atoms with E-state index < -0.39 is 0 Å². The number of hydrogen-bond acceptors (Lipinski definition) is 7. The van der Waals surface area contributed by atoms with Crippen LogP contribution < -0.4 is 10.2 Å². The van der Waals surface area contributed by atoms with E-state index in [1.54, 1.807) is 11.3 Å². The number of likely N-dealkylation sites (N-methyl/N-ethyl adjacent to an activating group) is 1. The highest BCUT2D eigenvalue weighted by molar-refractivity contribution is 7.15. The fraction of sp³-hybridized carbons (Fsp3) is 0.800. The maximum atomic E-state index is 5.78. The SMILES string of the molecule is Cc1nc(N2CCOCC2)sc1CNCC1CN(C)CCO1. The van der Waals surface area contributed by atoms with Gasteiger partial charge in [-0.1, -0.05) is 0 Å². The van der Waals surface area contributed by atoms with Crippen molar-refractivity contribution in [2.24, 2.45) is 0 Å². The minimum Gasteiger partial charge on any atom is -0.378 e. The number of thiazole rings is 1. The summed E-state index contributed by atoms with van der Waals surface area (Å²) < 4.78 is 11.2. The highest BCUT2D eigenvalue weighted by Gasteiger charge is 2.19. The predicted molar refractivity (Wildman–Crippen MR) is 88.8 cm³/mol. The number of anilines is 1. The Labute approximate surface area is 136 Å². The van der Waals surface area contributed by atoms with Gasteiger partial charge in [0.1, 0.15) is 0 Å². The van der Waals surface area contributed by atoms with E-state index in [4.69, 9.17) is 14.5 Å². The minimum absolute atomic E-state index is 0.297. The molecule has 6 nitrogen and oxygen atoms in total. The van der Waals surface area contributed by atoms with Crippen LogP contribution in [-0.4, -0.2) is 75.6 Å². The van der Waals surface area contributed by atoms with Crippen LogP contribution in [0.1, 0.15) is 10.6 Å². The molecular formula is C15H26N4O2S. The molecule has 3 rings (SSSR count). The Morgan fingerprint density at radius 3 is 2.86 bits per heavy atom. The molecule has 124 valence electrons. The number of rotatable bonds is 5. The van der Waals surface area contributed by atoms with Gasteiger partial charge in [0.15, 0.2) is 5.13 Å². The molecule has 1 unspecified atom stereocenters. The van der Waals surface area contributed by atoms with Gasteiger partial charge in [-0.25, -0.2) is 4.98 Å². The highest BCUT2D eigenvalue weighted by Crippen LogP contribution is 2.26. The van der Waals surface area contributed by atoms with Gasteiger partial charge in [-0.3, -0.25) is 0 Å². The number of nitrogens with one attached hydrogen (secondary N) is 1. The average Bonchev–Trinajstić information content (AvgIpc) is 2.90. The molecule has 2 fully saturated rings. The van der Waals surface area contributed by atoms with Gasteiger partial charge >= 0.3 is 0 Å². The molecule has 7 heteroatoms. The lowest BCUT2D eigenvalue weighted by Gasteiger charge is -2.30. The molecule has 1 N–H and O–H groups in total. The maximum absolute atomic E-state index is 5.78. The van der Waals surface area contributed by atoms with Gasteiger partial charge < -0.3 is 24.6 Å². The van der Waals surface area contributed by atoms with Gasteiger partial charge in [0, 0.05) is 44.1 Å². The summed E-state index contributed by atoms with van der Waals surface area (Å²) in [4.78, 5) is 10.7. The summed E-state index contributed by atoms with van der Waals surface area (Å²) in [7, 11) is 2.15. The van der Waals surface area contributed by atoms with Crippen LogP contribution in [0.15, 0.2) is 0 Å². The molecule has 0 bridgehead atoms. The van der Waals surface area contributed by atoms with E-state index in [2.05, 4.69) is 29.1 Å². The van der Waals surface area contributed by atoms with Gasteiger partial charge in [0.25, 0.3) is 0 Å². The molecule has 3 heterocycles. The number of aromatic nitrogens is 1. The lowest BCUT2D eigenvalue weighted by atomic mass is 10.3. The first-order chi connectivity index (χ1) is 10.7. The molecule has 0 radical (unpaired) electrons. The molecule has 1 atom stereocenters. The largest absolute Gasteiger partial charge is 0.378 e. The third-order valence-corrected chi connectivity index (χ3v) is 5.38. The third-order valence-electron chi connectivity index (χ3n) is 4.16. The Kier molecular flexibility index (Phi) is 5.65. The van der Waals surface area contributed by atoms with Crippen LogP contribution >= 0.6 is 11.3 Å². The summed E-state index contributed by atoms with van der Waals surface area (Å²) in [6, 6.07) is 0. The fourth-order valence-electron chi connectivity index (χ4n) is 2.80. The summed E-state index contributed by atoms with van der Waals surface area (Å²) in [5.41, 5.74) is 1.14. The standard InChI is InChI=1S/C15H26N4O2S/c1-12-14(10-16-9-13-11-18(2)3-8-21-13)22-15(17-12)19-4-6-20-7-5-19/h13,16H,3-11H2,1-2H3. The summed E-state index contributed by atoms with van der Waals surface area (Å²) in [5, 5.41) is 4.66. The monoisotopic (exact) mass is 326 g/mol. The average molecular weight is 326 g/mol. The van der Waals surface area contributed by atoms with Crippen LogP contribution in [0.5, 0.6) is 0 Å². The lowest BCUT2D eigenvalue weighted by molar-refractivity contribution is -0.0182. The van der Waals surface area contributed by atoms with E-state index in [1.165, 1.54) is 4.88 Å². The van der Waals surface area contributed by atoms with Crippen molar-refractivity contribution in [2.75, 3.05) is 64.5 Å². The summed E-state index contributed by atoms with van der Waals surface area (Å²) in [5.74, 6) is 0. The van der Waals surface area contributed by atoms with E-state index in [1.807, 2.05) is 0 Å². The van der Waals surface area contributed by atoms with Gasteiger partial charge in [-0.15, -0.1) is 11.3 Å². The van der Waals surface area contributed by atoms with Gasteiger partial charge in [0.2, 0.25) is 0 Å². The number of hydrogen-bond donors (Lipinski definition) is 1. The van der Waals surface area contributed by atoms with Crippen LogP contribution in [0.25, 0.3) is 0 Å². The number of aryl methyl sites for hydroxylation is 1. The molecule has 2 aliphatic heterocycles. The van der Waals surface area contributed by atoms with Crippen molar-refractivity contribution in [3.8, 4) is 0 Å². The van der Waals surface area contributed by atoms with Crippen LogP contribution in [-0.2, 0) is 16.0 Å². The van der Waals surface area contributed by atoms with Crippen molar-refractivity contribution in [3.63, 3.8) is 0 Å². The van der Waals surface area contributed by atoms with E-state index in [-0.39, 0.29) is 0 Å². The van der Waals surface area contributed by atoms with Gasteiger partial charge in [-0.05, 0) is 14.0 Å². The Hall–Kier alpha value is -0.730. The quantitative estimate of drug-likeness (QED) is 0.860. The molecule has 2 aliphatic rings. The topological polar surface area (TPSA) is 49.9 Å². The highest BCUT2D eigenvalue weighted by atomic mass is 32.1. The third kappa shape index (κ3) is 4.17. The molecule has 0 aromatic carbocycles. The summed E-state index contributed by atoms with van der Waals surface area (Å²) in [6.45, 7) is 10.3. The Balaban J connectivity index is 1.48. The van der Waals surface area contributed by atoms with E-state index in [9.17, 15) is 0 Å². The molecule has 0 aliphatic carbocycles. The summed E-state index contributed by atoms with van der Waals surface area (Å²) in [6.07, 6.45) is 0.297. The Morgan fingerprint density at radius 1 is 1.27 bits per heavy atom. The van der Waals surface area contributed by atoms with Crippen LogP contribution in [0.4, 0.5) is 5.13 Å². The first-order valence-electron chi connectivity index (χ1n) is 8.02. The van der Waals surface area contributed by atoms with Crippen molar-refractivity contribution in [1.82, 2.24) is 15.2 Å². The van der Waals surface area contributed by atoms with Crippen LogP contribution in [0, 0.1) is 6.92 Å². The van der Waals surface area contributed by atoms with E-state index in [0.717, 1.165) is 69.9 Å². The molecule has 0 saturated carbocycles. The van der Waals surface area contributed by atoms with Crippen LogP contribution in [0.3, 0.4) is 0 Å². The number of nitrogens with zero attached hydrogens (tertiary/aromatic N) is 3. The second-order valence-corrected chi connectivity index (χ2v) is 7.05. The molecule has 2 saturated heterocycles. The zero-order valence-corrected chi connectivity index (χ0v) is 14.3. The van der Waals surface area contributed by atoms with Crippen molar-refractivity contribution >= 4 is 16.5 Å². The Bertz CT molecular complexity index is 476. The van der Waals surface area contributed by atoms with Crippen molar-refractivity contribution < 1.29 is 9.47 Å². The zero-order valence-electron chi connectivity index (χ0n) is 13.5. The van der Waals surface area contributed by atoms with Gasteiger partial charge in [0.05, 0.1) is 31.6 Å². The zero-order chi connectivity index (χ0) is 15.4. The molecule has 0 spiro atoms. The molecule has 0 amide bonds.